The summed E-state index contributed by atoms with van der Waals surface area (Å²) < 4.78 is 40.0. The molecule has 1 saturated carbocycles. The van der Waals surface area contributed by atoms with E-state index < -0.39 is 34.8 Å². The Morgan fingerprint density at radius 3 is 2.43 bits per heavy atom. The molecule has 3 heterocycles. The summed E-state index contributed by atoms with van der Waals surface area (Å²) in [6, 6.07) is 12.4. The molecule has 1 aromatic heterocycles. The summed E-state index contributed by atoms with van der Waals surface area (Å²) in [4.78, 5) is 32.6. The zero-order chi connectivity index (χ0) is 31.3. The highest BCUT2D eigenvalue weighted by Crippen LogP contribution is 2.52. The molecule has 2 aliphatic heterocycles. The van der Waals surface area contributed by atoms with Crippen molar-refractivity contribution in [2.45, 2.75) is 75.1 Å². The van der Waals surface area contributed by atoms with E-state index in [1.54, 1.807) is 43.3 Å². The second-order valence-corrected chi connectivity index (χ2v) is 12.7. The van der Waals surface area contributed by atoms with Crippen molar-refractivity contribution >= 4 is 34.9 Å². The molecule has 3 atom stereocenters. The average molecular weight is 645 g/mol. The van der Waals surface area contributed by atoms with Gasteiger partial charge in [0, 0.05) is 29.6 Å². The van der Waals surface area contributed by atoms with Gasteiger partial charge in [0.15, 0.2) is 0 Å². The monoisotopic (exact) mass is 643 g/mol. The molecular formula is C33H33Cl2F2N3O4. The summed E-state index contributed by atoms with van der Waals surface area (Å²) >= 11 is 12.3. The number of ketones is 1. The molecule has 0 unspecified atom stereocenters. The second-order valence-electron chi connectivity index (χ2n) is 11.8. The first-order chi connectivity index (χ1) is 21.0. The van der Waals surface area contributed by atoms with E-state index in [1.165, 1.54) is 17.2 Å². The number of fused-ring (bicyclic) bond motifs is 1. The molecule has 1 amide bonds. The van der Waals surface area contributed by atoms with Gasteiger partial charge >= 0.3 is 0 Å². The van der Waals surface area contributed by atoms with Gasteiger partial charge in [-0.2, -0.15) is 0 Å². The van der Waals surface area contributed by atoms with Crippen LogP contribution in [0.1, 0.15) is 78.2 Å². The molecule has 11 heteroatoms. The van der Waals surface area contributed by atoms with Crippen molar-refractivity contribution in [3.05, 3.63) is 98.5 Å². The molecule has 0 bridgehead atoms. The van der Waals surface area contributed by atoms with Gasteiger partial charge in [-0.05, 0) is 80.7 Å². The van der Waals surface area contributed by atoms with Crippen molar-refractivity contribution in [1.82, 2.24) is 15.2 Å². The highest BCUT2D eigenvalue weighted by Gasteiger charge is 2.58. The van der Waals surface area contributed by atoms with Crippen LogP contribution in [0.25, 0.3) is 0 Å². The summed E-state index contributed by atoms with van der Waals surface area (Å²) in [5.41, 5.74) is -5.15. The lowest BCUT2D eigenvalue weighted by molar-refractivity contribution is -0.149. The van der Waals surface area contributed by atoms with Crippen LogP contribution in [0.3, 0.4) is 0 Å². The van der Waals surface area contributed by atoms with Gasteiger partial charge in [0.2, 0.25) is 5.72 Å². The lowest BCUT2D eigenvalue weighted by Gasteiger charge is -2.44. The van der Waals surface area contributed by atoms with Crippen LogP contribution in [0.5, 0.6) is 0 Å². The van der Waals surface area contributed by atoms with Gasteiger partial charge in [0.1, 0.15) is 22.9 Å². The van der Waals surface area contributed by atoms with Gasteiger partial charge in [-0.1, -0.05) is 42.3 Å². The number of hydrogen-bond acceptors (Lipinski definition) is 6. The summed E-state index contributed by atoms with van der Waals surface area (Å²) in [5.74, 6) is -1.41. The van der Waals surface area contributed by atoms with E-state index in [1.807, 2.05) is 0 Å². The predicted octanol–water partition coefficient (Wildman–Crippen LogP) is 6.21. The normalized spacial score (nSPS) is 24.4. The number of nitrogens with zero attached hydrogens (tertiary/aromatic N) is 2. The van der Waals surface area contributed by atoms with E-state index in [4.69, 9.17) is 27.9 Å². The van der Waals surface area contributed by atoms with Gasteiger partial charge in [-0.3, -0.25) is 19.5 Å². The van der Waals surface area contributed by atoms with Crippen molar-refractivity contribution in [3.63, 3.8) is 0 Å². The summed E-state index contributed by atoms with van der Waals surface area (Å²) in [6.45, 7) is 2.27. The number of ether oxygens (including phenoxy) is 1. The first kappa shape index (κ1) is 31.0. The molecule has 3 aromatic rings. The van der Waals surface area contributed by atoms with Crippen LogP contribution in [0, 0.1) is 5.82 Å². The fourth-order valence-corrected chi connectivity index (χ4v) is 7.17. The third-order valence-corrected chi connectivity index (χ3v) is 9.77. The highest BCUT2D eigenvalue weighted by atomic mass is 35.5. The first-order valence-electron chi connectivity index (χ1n) is 14.9. The molecule has 6 rings (SSSR count). The SMILES string of the molecule is CC[C@](O)(c1cc(F)c2c(c1)C(=O)N(Cc1ccc(Cl)cn1)[C@@]2(O[C@H]1CCC(=O)C1)c1ccc(Cl)cc1)C1(F)CCNCC1. The van der Waals surface area contributed by atoms with Crippen LogP contribution >= 0.6 is 23.2 Å². The van der Waals surface area contributed by atoms with Crippen molar-refractivity contribution in [1.29, 1.82) is 0 Å². The molecule has 2 fully saturated rings. The Morgan fingerprint density at radius 1 is 1.11 bits per heavy atom. The van der Waals surface area contributed by atoms with E-state index in [0.717, 1.165) is 6.07 Å². The van der Waals surface area contributed by atoms with E-state index in [2.05, 4.69) is 10.3 Å². The number of rotatable bonds is 8. The maximum atomic E-state index is 16.8. The van der Waals surface area contributed by atoms with Crippen molar-refractivity contribution in [2.24, 2.45) is 0 Å². The number of hydrogen-bond donors (Lipinski definition) is 2. The van der Waals surface area contributed by atoms with Crippen molar-refractivity contribution < 1.29 is 28.2 Å². The summed E-state index contributed by atoms with van der Waals surface area (Å²) in [5, 5.41) is 15.8. The minimum absolute atomic E-state index is 0.00997. The number of carbonyl (C=O) groups is 2. The summed E-state index contributed by atoms with van der Waals surface area (Å²) in [6.07, 6.45) is 1.70. The molecule has 0 spiro atoms. The Balaban J connectivity index is 1.57. The Labute approximate surface area is 264 Å². The quantitative estimate of drug-likeness (QED) is 0.303. The topological polar surface area (TPSA) is 91.8 Å². The third-order valence-electron chi connectivity index (χ3n) is 9.29. The fourth-order valence-electron chi connectivity index (χ4n) is 6.93. The molecule has 0 radical (unpaired) electrons. The number of benzene rings is 2. The predicted molar refractivity (Wildman–Crippen MR) is 162 cm³/mol. The van der Waals surface area contributed by atoms with Gasteiger partial charge in [0.25, 0.3) is 5.91 Å². The number of halogens is 4. The zero-order valence-electron chi connectivity index (χ0n) is 24.2. The van der Waals surface area contributed by atoms with E-state index in [0.29, 0.717) is 47.2 Å². The number of aliphatic hydroxyl groups is 1. The van der Waals surface area contributed by atoms with Crippen LogP contribution < -0.4 is 5.32 Å². The van der Waals surface area contributed by atoms with E-state index >= 15 is 8.78 Å². The maximum Gasteiger partial charge on any atom is 0.257 e. The van der Waals surface area contributed by atoms with Crippen LogP contribution in [-0.4, -0.2) is 51.5 Å². The Bertz CT molecular complexity index is 1580. The van der Waals surface area contributed by atoms with Gasteiger partial charge in [-0.15, -0.1) is 0 Å². The van der Waals surface area contributed by atoms with Gasteiger partial charge in [-0.25, -0.2) is 8.78 Å². The minimum Gasteiger partial charge on any atom is -0.382 e. The van der Waals surface area contributed by atoms with E-state index in [-0.39, 0.29) is 54.7 Å². The molecule has 7 nitrogen and oxygen atoms in total. The number of nitrogens with one attached hydrogen (secondary N) is 1. The zero-order valence-corrected chi connectivity index (χ0v) is 25.7. The first-order valence-corrected chi connectivity index (χ1v) is 15.6. The number of alkyl halides is 1. The van der Waals surface area contributed by atoms with Crippen LogP contribution in [-0.2, 0) is 27.4 Å². The molecule has 232 valence electrons. The van der Waals surface area contributed by atoms with Crippen molar-refractivity contribution in [2.75, 3.05) is 13.1 Å². The molecule has 44 heavy (non-hydrogen) atoms. The lowest BCUT2D eigenvalue weighted by atomic mass is 9.71. The molecule has 2 N–H and O–H groups in total. The molecular weight excluding hydrogens is 611 g/mol. The second kappa shape index (κ2) is 11.8. The molecule has 2 aromatic carbocycles. The van der Waals surface area contributed by atoms with Crippen molar-refractivity contribution in [3.8, 4) is 0 Å². The van der Waals surface area contributed by atoms with Gasteiger partial charge < -0.3 is 15.2 Å². The minimum atomic E-state index is -2.04. The Kier molecular flexibility index (Phi) is 8.30. The van der Waals surface area contributed by atoms with Crippen LogP contribution in [0.15, 0.2) is 54.7 Å². The number of Topliss-reactive ketones (excluding diaryl/α,β-unsaturated/α-hetero) is 1. The lowest BCUT2D eigenvalue weighted by Crippen LogP contribution is -2.54. The maximum absolute atomic E-state index is 16.8. The molecule has 3 aliphatic rings. The smallest absolute Gasteiger partial charge is 0.257 e. The molecule has 1 saturated heterocycles. The highest BCUT2D eigenvalue weighted by molar-refractivity contribution is 6.30. The molecule has 1 aliphatic carbocycles. The Morgan fingerprint density at radius 2 is 1.82 bits per heavy atom. The third kappa shape index (κ3) is 5.12. The summed E-state index contributed by atoms with van der Waals surface area (Å²) in [7, 11) is 0. The van der Waals surface area contributed by atoms with E-state index in [9.17, 15) is 14.7 Å². The van der Waals surface area contributed by atoms with Crippen LogP contribution in [0.2, 0.25) is 10.0 Å². The number of pyridine rings is 1. The number of carbonyl (C=O) groups excluding carboxylic acids is 2. The van der Waals surface area contributed by atoms with Gasteiger partial charge in [0.05, 0.1) is 34.5 Å². The largest absolute Gasteiger partial charge is 0.382 e. The average Bonchev–Trinajstić information content (AvgIpc) is 3.53. The number of amides is 1. The van der Waals surface area contributed by atoms with Crippen LogP contribution in [0.4, 0.5) is 8.78 Å². The standard InChI is InChI=1S/C33H33Cl2F2N3O4/c1-2-32(43,31(37)11-13-38-14-12-31)21-15-27-29(28(36)16-21)33(20-3-5-22(34)6-4-20,44-26-10-9-25(41)17-26)40(30(27)42)19-24-8-7-23(35)18-39-24/h3-8,15-16,18,26,38,43H,2,9-14,17,19H2,1H3/t26-,32-,33+/m0/s1. The Hall–Kier alpha value is -2.95. The fraction of sp³-hybridized carbons (Fsp3) is 0.424. The number of aromatic nitrogens is 1. The number of piperidine rings is 1.